The van der Waals surface area contributed by atoms with Gasteiger partial charge in [0.2, 0.25) is 0 Å². The fourth-order valence-electron chi connectivity index (χ4n) is 22.9. The van der Waals surface area contributed by atoms with Crippen molar-refractivity contribution in [2.24, 2.45) is 0 Å². The molecule has 5 rings (SSSR count). The lowest BCUT2D eigenvalue weighted by atomic mass is 10.5. The molecule has 5 saturated heterocycles. The molecule has 0 aromatic carbocycles. The van der Waals surface area contributed by atoms with Gasteiger partial charge in [0, 0.05) is 0 Å². The average molecular weight is 1110 g/mol. The lowest BCUT2D eigenvalue weighted by molar-refractivity contribution is 0.281. The van der Waals surface area contributed by atoms with Gasteiger partial charge < -0.3 is 20.6 Å². The van der Waals surface area contributed by atoms with Crippen LogP contribution in [-0.2, 0) is 20.6 Å². The van der Waals surface area contributed by atoms with Gasteiger partial charge in [-0.05, 0) is 44.3 Å². The van der Waals surface area contributed by atoms with E-state index in [1.807, 2.05) is 0 Å². The van der Waals surface area contributed by atoms with Gasteiger partial charge in [-0.2, -0.15) is 0 Å². The zero-order chi connectivity index (χ0) is 50.8. The van der Waals surface area contributed by atoms with Crippen LogP contribution in [0.1, 0.15) is 222 Å². The maximum Gasteiger partial charge on any atom is 0.296 e. The van der Waals surface area contributed by atoms with E-state index in [2.05, 4.69) is 222 Å². The Morgan fingerprint density at radius 3 is 0.462 bits per heavy atom. The molecule has 0 amide bonds. The maximum atomic E-state index is 9.51. The van der Waals surface area contributed by atoms with Crippen LogP contribution in [0.4, 0.5) is 0 Å². The van der Waals surface area contributed by atoms with E-state index >= 15 is 0 Å². The number of hydrogen-bond acceptors (Lipinski definition) is 5. The molecule has 0 N–H and O–H groups in total. The van der Waals surface area contributed by atoms with E-state index < -0.39 is 88.7 Å². The minimum Gasteiger partial charge on any atom is -0.440 e. The molecule has 0 aromatic rings. The molecule has 8 unspecified atom stereocenters. The van der Waals surface area contributed by atoms with Gasteiger partial charge in [0.05, 0.1) is 14.2 Å². The first-order valence-corrected chi connectivity index (χ1v) is 63.2. The van der Waals surface area contributed by atoms with Crippen molar-refractivity contribution in [3.63, 3.8) is 0 Å². The SMILES string of the molecule is CC(C)[Si]12O[Si]3(C(C)C)O[Si]4(C(C)C)O[Si]5(C(C)C)O[Si](C(C)C)(C(C)C)[Si](C(C)C)(C(C)C)[Si]5(C(C)C)[Si]4(C(C)C)[Si]3(C(C)C)[Si]1(C(C)C)[Si](C(C)C)(C(C)C)[Si](C(C)C)(C(C)C)O2. The third-order valence-corrected chi connectivity index (χ3v) is 305. The summed E-state index contributed by atoms with van der Waals surface area (Å²) < 4.78 is 47.1. The van der Waals surface area contributed by atoms with Crippen LogP contribution >= 0.6 is 0 Å². The largest absolute Gasteiger partial charge is 0.440 e. The molecule has 0 aliphatic carbocycles. The third kappa shape index (κ3) is 5.33. The first kappa shape index (κ1) is 58.3. The van der Waals surface area contributed by atoms with Gasteiger partial charge in [-0.1, -0.05) is 266 Å². The minimum absolute atomic E-state index is 0.389. The standard InChI is InChI=1S/C48H112O5Si12/c1-33(2)54(34(3)4)49-58(41(17)18)51-60(43(21)22)53-61(44(23)24)52-59(42(19)20)50-55(35(5)6,36(7)8)57(39(13)14,40(15)16)63(59,46(27)28)65(61,48(31)32)64(60,47(29)30)62(58,45(25)26)56(54,37(9)10)38(11)12/h33-48H,1-32H3. The lowest BCUT2D eigenvalue weighted by Crippen LogP contribution is -3.06. The van der Waals surface area contributed by atoms with Gasteiger partial charge >= 0.3 is 0 Å². The topological polar surface area (TPSA) is 46.2 Å². The highest BCUT2D eigenvalue weighted by Crippen LogP contribution is 2.85. The smallest absolute Gasteiger partial charge is 0.296 e. The summed E-state index contributed by atoms with van der Waals surface area (Å²) in [6.07, 6.45) is 0. The molecule has 8 atom stereocenters. The zero-order valence-corrected chi connectivity index (χ0v) is 61.3. The zero-order valence-electron chi connectivity index (χ0n) is 49.3. The molecule has 5 heterocycles. The van der Waals surface area contributed by atoms with Gasteiger partial charge in [0.1, 0.15) is 26.5 Å². The fourth-order valence-corrected chi connectivity index (χ4v) is 615. The maximum absolute atomic E-state index is 9.51. The second-order valence-electron chi connectivity index (χ2n) is 28.2. The Morgan fingerprint density at radius 1 is 0.169 bits per heavy atom. The van der Waals surface area contributed by atoms with E-state index in [0.717, 1.165) is 0 Å². The van der Waals surface area contributed by atoms with Crippen LogP contribution in [0.2, 0.25) is 88.7 Å². The average Bonchev–Trinajstić information content (AvgIpc) is 3.79. The van der Waals surface area contributed by atoms with Crippen molar-refractivity contribution in [2.75, 3.05) is 0 Å². The number of fused-ring (bicyclic) bond motifs is 7. The van der Waals surface area contributed by atoms with Gasteiger partial charge in [0.25, 0.3) is 32.3 Å². The van der Waals surface area contributed by atoms with Crippen LogP contribution in [-0.4, -0.2) is 88.7 Å². The summed E-state index contributed by atoms with van der Waals surface area (Å²) in [6, 6.07) is 0. The van der Waals surface area contributed by atoms with Gasteiger partial charge in [-0.25, -0.2) is 0 Å². The Balaban J connectivity index is 2.50. The van der Waals surface area contributed by atoms with Crippen molar-refractivity contribution in [2.45, 2.75) is 310 Å². The summed E-state index contributed by atoms with van der Waals surface area (Å²) in [4.78, 5) is 0. The Hall–Kier alpha value is 2.40. The molecule has 5 aliphatic heterocycles. The van der Waals surface area contributed by atoms with E-state index in [4.69, 9.17) is 0 Å². The summed E-state index contributed by atoms with van der Waals surface area (Å²) >= 11 is 0. The predicted octanol–water partition coefficient (Wildman–Crippen LogP) is 16.9. The predicted molar refractivity (Wildman–Crippen MR) is 316 cm³/mol. The van der Waals surface area contributed by atoms with Crippen LogP contribution in [0.25, 0.3) is 0 Å². The highest BCUT2D eigenvalue weighted by Gasteiger charge is 3.13. The molecular weight excluding hydrogens is 994 g/mol. The van der Waals surface area contributed by atoms with Crippen molar-refractivity contribution < 1.29 is 20.6 Å². The molecule has 382 valence electrons. The lowest BCUT2D eigenvalue weighted by Gasteiger charge is -2.72. The Morgan fingerprint density at radius 2 is 0.338 bits per heavy atom. The van der Waals surface area contributed by atoms with Crippen molar-refractivity contribution in [1.29, 1.82) is 0 Å². The third-order valence-electron chi connectivity index (χ3n) is 21.8. The van der Waals surface area contributed by atoms with Crippen LogP contribution in [0.15, 0.2) is 0 Å². The Kier molecular flexibility index (Phi) is 15.7. The van der Waals surface area contributed by atoms with Crippen molar-refractivity contribution in [3.05, 3.63) is 0 Å². The van der Waals surface area contributed by atoms with Crippen molar-refractivity contribution >= 4 is 88.7 Å². The molecule has 0 spiro atoms. The summed E-state index contributed by atoms with van der Waals surface area (Å²) in [5, 5.41) is 0. The highest BCUT2D eigenvalue weighted by molar-refractivity contribution is 8.33. The van der Waals surface area contributed by atoms with Crippen molar-refractivity contribution in [1.82, 2.24) is 0 Å². The highest BCUT2D eigenvalue weighted by atomic mass is 30.4. The normalized spacial score (nSPS) is 39.5. The Bertz CT molecular complexity index is 1610. The van der Waals surface area contributed by atoms with Gasteiger partial charge in [0.15, 0.2) is 15.7 Å². The molecule has 17 heteroatoms. The molecule has 0 saturated carbocycles. The Labute approximate surface area is 416 Å². The van der Waals surface area contributed by atoms with Crippen LogP contribution < -0.4 is 0 Å². The molecule has 0 radical (unpaired) electrons. The van der Waals surface area contributed by atoms with E-state index in [9.17, 15) is 20.6 Å². The van der Waals surface area contributed by atoms with Gasteiger partial charge in [-0.15, -0.1) is 0 Å². The molecule has 65 heavy (non-hydrogen) atoms. The van der Waals surface area contributed by atoms with Crippen LogP contribution in [0.3, 0.4) is 0 Å². The van der Waals surface area contributed by atoms with E-state index in [0.29, 0.717) is 88.7 Å². The van der Waals surface area contributed by atoms with Gasteiger partial charge in [-0.3, -0.25) is 0 Å². The van der Waals surface area contributed by atoms with E-state index in [-0.39, 0.29) is 0 Å². The number of hydrogen-bond donors (Lipinski definition) is 0. The summed E-state index contributed by atoms with van der Waals surface area (Å²) in [6.45, 7) is 77.7. The molecule has 5 fully saturated rings. The molecule has 5 aliphatic rings. The monoisotopic (exact) mass is 1100 g/mol. The minimum atomic E-state index is -3.16. The first-order chi connectivity index (χ1) is 29.4. The second-order valence-corrected chi connectivity index (χ2v) is 142. The van der Waals surface area contributed by atoms with Crippen molar-refractivity contribution in [3.8, 4) is 0 Å². The van der Waals surface area contributed by atoms with Crippen LogP contribution in [0.5, 0.6) is 0 Å². The quantitative estimate of drug-likeness (QED) is 0.144. The molecular formula is C48H112O5Si12. The molecule has 0 bridgehead atoms. The summed E-state index contributed by atoms with van der Waals surface area (Å²) in [5.41, 5.74) is 8.93. The van der Waals surface area contributed by atoms with E-state index in [1.165, 1.54) is 0 Å². The summed E-state index contributed by atoms with van der Waals surface area (Å²) in [7, 11) is -22.6. The van der Waals surface area contributed by atoms with E-state index in [1.54, 1.807) is 0 Å². The second kappa shape index (κ2) is 17.5. The number of rotatable bonds is 16. The molecule has 0 aromatic heterocycles. The first-order valence-electron chi connectivity index (χ1n) is 27.9. The molecule has 5 nitrogen and oxygen atoms in total. The fraction of sp³-hybridized carbons (Fsp3) is 1.00. The summed E-state index contributed by atoms with van der Waals surface area (Å²) in [5.74, 6) is 0. The van der Waals surface area contributed by atoms with Crippen LogP contribution in [0, 0.1) is 0 Å².